The Bertz CT molecular complexity index is 637. The summed E-state index contributed by atoms with van der Waals surface area (Å²) in [5.41, 5.74) is 2.37. The monoisotopic (exact) mass is 340 g/mol. The van der Waals surface area contributed by atoms with E-state index in [2.05, 4.69) is 6.07 Å². The molecule has 0 saturated carbocycles. The number of halogens is 3. The van der Waals surface area contributed by atoms with Gasteiger partial charge in [-0.3, -0.25) is 9.59 Å². The number of piperidine rings is 1. The minimum absolute atomic E-state index is 0.0105. The zero-order valence-electron chi connectivity index (χ0n) is 13.2. The Kier molecular flexibility index (Phi) is 4.51. The number of carbonyl (C=O) groups is 2. The maximum Gasteiger partial charge on any atom is 0.471 e. The molecule has 2 heterocycles. The zero-order valence-corrected chi connectivity index (χ0v) is 13.2. The summed E-state index contributed by atoms with van der Waals surface area (Å²) in [4.78, 5) is 26.5. The van der Waals surface area contributed by atoms with Crippen molar-refractivity contribution in [1.29, 1.82) is 0 Å². The highest BCUT2D eigenvalue weighted by Gasteiger charge is 2.44. The van der Waals surface area contributed by atoms with Gasteiger partial charge in [0.15, 0.2) is 0 Å². The van der Waals surface area contributed by atoms with Crippen molar-refractivity contribution in [2.24, 2.45) is 5.92 Å². The lowest BCUT2D eigenvalue weighted by atomic mass is 9.93. The summed E-state index contributed by atoms with van der Waals surface area (Å²) in [5.74, 6) is -2.11. The van der Waals surface area contributed by atoms with E-state index < -0.39 is 12.1 Å². The SMILES string of the molecule is O=C(C1CCN(C(=O)C(F)(F)F)CC1)N1CCc2ccccc2C1. The first-order valence-corrected chi connectivity index (χ1v) is 8.08. The highest BCUT2D eigenvalue weighted by Crippen LogP contribution is 2.27. The van der Waals surface area contributed by atoms with Crippen LogP contribution in [-0.4, -0.2) is 47.4 Å². The summed E-state index contributed by atoms with van der Waals surface area (Å²) < 4.78 is 37.4. The van der Waals surface area contributed by atoms with Gasteiger partial charge in [0.25, 0.3) is 0 Å². The molecule has 2 amide bonds. The van der Waals surface area contributed by atoms with Gasteiger partial charge in [-0.2, -0.15) is 13.2 Å². The van der Waals surface area contributed by atoms with Crippen molar-refractivity contribution in [2.45, 2.75) is 32.0 Å². The third kappa shape index (κ3) is 3.39. The smallest absolute Gasteiger partial charge is 0.338 e. The minimum Gasteiger partial charge on any atom is -0.338 e. The molecule has 24 heavy (non-hydrogen) atoms. The Balaban J connectivity index is 1.57. The number of rotatable bonds is 1. The van der Waals surface area contributed by atoms with Crippen molar-refractivity contribution in [3.8, 4) is 0 Å². The van der Waals surface area contributed by atoms with Crippen molar-refractivity contribution < 1.29 is 22.8 Å². The fourth-order valence-electron chi connectivity index (χ4n) is 3.45. The highest BCUT2D eigenvalue weighted by atomic mass is 19.4. The van der Waals surface area contributed by atoms with Gasteiger partial charge in [-0.05, 0) is 30.4 Å². The maximum absolute atomic E-state index is 12.6. The van der Waals surface area contributed by atoms with Crippen LogP contribution in [-0.2, 0) is 22.6 Å². The Labute approximate surface area is 138 Å². The quantitative estimate of drug-likeness (QED) is 0.788. The molecule has 1 aromatic rings. The Morgan fingerprint density at radius 3 is 2.21 bits per heavy atom. The van der Waals surface area contributed by atoms with Gasteiger partial charge in [0.2, 0.25) is 5.91 Å². The lowest BCUT2D eigenvalue weighted by Gasteiger charge is -2.36. The first kappa shape index (κ1) is 16.8. The molecular weight excluding hydrogens is 321 g/mol. The second kappa shape index (κ2) is 6.45. The molecule has 0 atom stereocenters. The van der Waals surface area contributed by atoms with Crippen molar-refractivity contribution >= 4 is 11.8 Å². The molecular formula is C17H19F3N2O2. The van der Waals surface area contributed by atoms with E-state index >= 15 is 0 Å². The Hall–Kier alpha value is -2.05. The van der Waals surface area contributed by atoms with Crippen molar-refractivity contribution in [1.82, 2.24) is 9.80 Å². The van der Waals surface area contributed by atoms with E-state index in [9.17, 15) is 22.8 Å². The van der Waals surface area contributed by atoms with Crippen LogP contribution in [0.15, 0.2) is 24.3 Å². The first-order chi connectivity index (χ1) is 11.4. The van der Waals surface area contributed by atoms with Crippen LogP contribution in [0.3, 0.4) is 0 Å². The molecule has 3 rings (SSSR count). The fourth-order valence-corrected chi connectivity index (χ4v) is 3.45. The maximum atomic E-state index is 12.6. The molecule has 1 aromatic carbocycles. The number of hydrogen-bond donors (Lipinski definition) is 0. The summed E-state index contributed by atoms with van der Waals surface area (Å²) in [6, 6.07) is 7.97. The van der Waals surface area contributed by atoms with Crippen LogP contribution in [0.2, 0.25) is 0 Å². The fraction of sp³-hybridized carbons (Fsp3) is 0.529. The number of amides is 2. The lowest BCUT2D eigenvalue weighted by Crippen LogP contribution is -2.48. The van der Waals surface area contributed by atoms with E-state index in [1.807, 2.05) is 18.2 Å². The van der Waals surface area contributed by atoms with Gasteiger partial charge in [-0.25, -0.2) is 0 Å². The van der Waals surface area contributed by atoms with Crippen LogP contribution < -0.4 is 0 Å². The van der Waals surface area contributed by atoms with E-state index in [0.717, 1.165) is 16.9 Å². The van der Waals surface area contributed by atoms with E-state index in [-0.39, 0.29) is 24.9 Å². The van der Waals surface area contributed by atoms with Gasteiger partial charge in [-0.1, -0.05) is 24.3 Å². The van der Waals surface area contributed by atoms with Gasteiger partial charge in [-0.15, -0.1) is 0 Å². The number of likely N-dealkylation sites (tertiary alicyclic amines) is 1. The number of alkyl halides is 3. The normalized spacial score (nSPS) is 19.1. The molecule has 7 heteroatoms. The number of carbonyl (C=O) groups excluding carboxylic acids is 2. The summed E-state index contributed by atoms with van der Waals surface area (Å²) in [7, 11) is 0. The van der Waals surface area contributed by atoms with Crippen LogP contribution in [0.25, 0.3) is 0 Å². The third-order valence-corrected chi connectivity index (χ3v) is 4.82. The average molecular weight is 340 g/mol. The van der Waals surface area contributed by atoms with E-state index in [4.69, 9.17) is 0 Å². The molecule has 130 valence electrons. The molecule has 0 N–H and O–H groups in total. The highest BCUT2D eigenvalue weighted by molar-refractivity contribution is 5.83. The van der Waals surface area contributed by atoms with E-state index in [1.54, 1.807) is 4.90 Å². The number of fused-ring (bicyclic) bond motifs is 1. The van der Waals surface area contributed by atoms with E-state index in [0.29, 0.717) is 25.9 Å². The summed E-state index contributed by atoms with van der Waals surface area (Å²) >= 11 is 0. The van der Waals surface area contributed by atoms with Gasteiger partial charge in [0.1, 0.15) is 0 Å². The molecule has 4 nitrogen and oxygen atoms in total. The molecule has 0 spiro atoms. The molecule has 0 aliphatic carbocycles. The third-order valence-electron chi connectivity index (χ3n) is 4.82. The predicted molar refractivity (Wildman–Crippen MR) is 80.9 cm³/mol. The summed E-state index contributed by atoms with van der Waals surface area (Å²) in [5, 5.41) is 0. The minimum atomic E-state index is -4.84. The Morgan fingerprint density at radius 1 is 0.958 bits per heavy atom. The summed E-state index contributed by atoms with van der Waals surface area (Å²) in [6.45, 7) is 1.16. The van der Waals surface area contributed by atoms with Gasteiger partial charge in [0, 0.05) is 32.1 Å². The topological polar surface area (TPSA) is 40.6 Å². The summed E-state index contributed by atoms with van der Waals surface area (Å²) in [6.07, 6.45) is -3.46. The van der Waals surface area contributed by atoms with Crippen molar-refractivity contribution in [2.75, 3.05) is 19.6 Å². The van der Waals surface area contributed by atoms with E-state index in [1.165, 1.54) is 5.56 Å². The number of nitrogens with zero attached hydrogens (tertiary/aromatic N) is 2. The zero-order chi connectivity index (χ0) is 17.3. The van der Waals surface area contributed by atoms with Crippen molar-refractivity contribution in [3.05, 3.63) is 35.4 Å². The second-order valence-electron chi connectivity index (χ2n) is 6.34. The van der Waals surface area contributed by atoms with Crippen LogP contribution in [0.1, 0.15) is 24.0 Å². The molecule has 0 unspecified atom stereocenters. The van der Waals surface area contributed by atoms with Crippen LogP contribution in [0.5, 0.6) is 0 Å². The van der Waals surface area contributed by atoms with Crippen LogP contribution in [0.4, 0.5) is 13.2 Å². The molecule has 0 radical (unpaired) electrons. The van der Waals surface area contributed by atoms with Gasteiger partial charge in [0.05, 0.1) is 0 Å². The molecule has 1 saturated heterocycles. The van der Waals surface area contributed by atoms with Crippen molar-refractivity contribution in [3.63, 3.8) is 0 Å². The largest absolute Gasteiger partial charge is 0.471 e. The Morgan fingerprint density at radius 2 is 1.58 bits per heavy atom. The first-order valence-electron chi connectivity index (χ1n) is 8.08. The standard InChI is InChI=1S/C17H19F3N2O2/c18-17(19,20)16(24)21-8-6-13(7-9-21)15(23)22-10-5-12-3-1-2-4-14(12)11-22/h1-4,13H,5-11H2. The predicted octanol–water partition coefficient (Wildman–Crippen LogP) is 2.37. The molecule has 1 fully saturated rings. The number of benzene rings is 1. The lowest BCUT2D eigenvalue weighted by molar-refractivity contribution is -0.187. The molecule has 0 aromatic heterocycles. The molecule has 0 bridgehead atoms. The van der Waals surface area contributed by atoms with Crippen LogP contribution in [0, 0.1) is 5.92 Å². The van der Waals surface area contributed by atoms with Gasteiger partial charge >= 0.3 is 12.1 Å². The molecule has 2 aliphatic rings. The van der Waals surface area contributed by atoms with Crippen LogP contribution >= 0.6 is 0 Å². The molecule has 2 aliphatic heterocycles. The second-order valence-corrected chi connectivity index (χ2v) is 6.34. The number of hydrogen-bond acceptors (Lipinski definition) is 2. The average Bonchev–Trinajstić information content (AvgIpc) is 2.59. The van der Waals surface area contributed by atoms with Gasteiger partial charge < -0.3 is 9.80 Å².